The van der Waals surface area contributed by atoms with Crippen molar-refractivity contribution in [2.75, 3.05) is 6.54 Å². The van der Waals surface area contributed by atoms with Gasteiger partial charge in [0.25, 0.3) is 0 Å². The molecule has 1 unspecified atom stereocenters. The van der Waals surface area contributed by atoms with Gasteiger partial charge in [-0.05, 0) is 45.4 Å². The van der Waals surface area contributed by atoms with E-state index in [0.29, 0.717) is 13.0 Å². The molecule has 2 N–H and O–H groups in total. The van der Waals surface area contributed by atoms with Crippen molar-refractivity contribution in [3.8, 4) is 0 Å². The van der Waals surface area contributed by atoms with Crippen LogP contribution in [0.3, 0.4) is 0 Å². The second-order valence-electron chi connectivity index (χ2n) is 5.93. The number of carbonyl (C=O) groups is 2. The Bertz CT molecular complexity index is 526. The van der Waals surface area contributed by atoms with Gasteiger partial charge in [-0.15, -0.1) is 0 Å². The second-order valence-corrected chi connectivity index (χ2v) is 6.84. The molecule has 0 heterocycles. The van der Waals surface area contributed by atoms with E-state index in [1.165, 1.54) is 0 Å². The van der Waals surface area contributed by atoms with E-state index in [-0.39, 0.29) is 5.91 Å². The Labute approximate surface area is 139 Å². The van der Waals surface area contributed by atoms with E-state index in [4.69, 9.17) is 4.74 Å². The summed E-state index contributed by atoms with van der Waals surface area (Å²) < 4.78 is 6.15. The molecule has 1 atom stereocenters. The maximum absolute atomic E-state index is 12.1. The van der Waals surface area contributed by atoms with Gasteiger partial charge in [0.1, 0.15) is 11.6 Å². The predicted molar refractivity (Wildman–Crippen MR) is 89.7 cm³/mol. The third-order valence-corrected chi connectivity index (χ3v) is 3.18. The predicted octanol–water partition coefficient (Wildman–Crippen LogP) is 3.02. The number of ether oxygens (including phenoxy) is 1. The van der Waals surface area contributed by atoms with Crippen molar-refractivity contribution in [2.45, 2.75) is 45.8 Å². The van der Waals surface area contributed by atoms with Gasteiger partial charge in [0.2, 0.25) is 5.91 Å². The molecule has 122 valence electrons. The zero-order chi connectivity index (χ0) is 16.8. The lowest BCUT2D eigenvalue weighted by molar-refractivity contribution is -0.123. The van der Waals surface area contributed by atoms with Crippen LogP contribution in [0, 0.1) is 0 Å². The van der Waals surface area contributed by atoms with Gasteiger partial charge in [-0.2, -0.15) is 0 Å². The van der Waals surface area contributed by atoms with Crippen LogP contribution >= 0.6 is 15.9 Å². The van der Waals surface area contributed by atoms with Gasteiger partial charge in [-0.25, -0.2) is 4.79 Å². The van der Waals surface area contributed by atoms with Crippen LogP contribution in [0.2, 0.25) is 0 Å². The van der Waals surface area contributed by atoms with Crippen molar-refractivity contribution >= 4 is 27.9 Å². The Morgan fingerprint density at radius 1 is 1.32 bits per heavy atom. The quantitative estimate of drug-likeness (QED) is 0.836. The molecule has 0 saturated heterocycles. The minimum atomic E-state index is -0.677. The zero-order valence-corrected chi connectivity index (χ0v) is 15.0. The zero-order valence-electron chi connectivity index (χ0n) is 13.4. The minimum Gasteiger partial charge on any atom is -0.444 e. The summed E-state index contributed by atoms with van der Waals surface area (Å²) in [5.41, 5.74) is 0.340. The van der Waals surface area contributed by atoms with Gasteiger partial charge in [-0.1, -0.05) is 28.1 Å². The number of nitrogens with one attached hydrogen (secondary N) is 2. The van der Waals surface area contributed by atoms with E-state index in [9.17, 15) is 9.59 Å². The fourth-order valence-corrected chi connectivity index (χ4v) is 2.30. The molecule has 6 heteroatoms. The molecule has 0 radical (unpaired) electrons. The van der Waals surface area contributed by atoms with E-state index >= 15 is 0 Å². The van der Waals surface area contributed by atoms with E-state index in [1.54, 1.807) is 20.8 Å². The monoisotopic (exact) mass is 370 g/mol. The van der Waals surface area contributed by atoms with Crippen LogP contribution < -0.4 is 10.6 Å². The fourth-order valence-electron chi connectivity index (χ4n) is 1.86. The largest absolute Gasteiger partial charge is 0.444 e. The number of hydrogen-bond donors (Lipinski definition) is 2. The summed E-state index contributed by atoms with van der Waals surface area (Å²) in [6.07, 6.45) is -0.205. The Morgan fingerprint density at radius 3 is 2.55 bits per heavy atom. The van der Waals surface area contributed by atoms with Crippen LogP contribution in [0.1, 0.15) is 33.3 Å². The van der Waals surface area contributed by atoms with Crippen LogP contribution in [0.4, 0.5) is 4.79 Å². The Hall–Kier alpha value is -1.56. The highest BCUT2D eigenvalue weighted by molar-refractivity contribution is 9.10. The van der Waals surface area contributed by atoms with Crippen LogP contribution in [0.15, 0.2) is 28.7 Å². The Morgan fingerprint density at radius 2 is 2.00 bits per heavy atom. The number of hydrogen-bond acceptors (Lipinski definition) is 3. The lowest BCUT2D eigenvalue weighted by atomic mass is 10.1. The lowest BCUT2D eigenvalue weighted by Gasteiger charge is -2.23. The minimum absolute atomic E-state index is 0.228. The van der Waals surface area contributed by atoms with Crippen molar-refractivity contribution in [3.63, 3.8) is 0 Å². The summed E-state index contributed by atoms with van der Waals surface area (Å²) in [6, 6.07) is 6.95. The second kappa shape index (κ2) is 8.17. The molecule has 0 aromatic heterocycles. The number of benzene rings is 1. The summed E-state index contributed by atoms with van der Waals surface area (Å²) in [5, 5.41) is 5.37. The van der Waals surface area contributed by atoms with Gasteiger partial charge in [0.05, 0.1) is 0 Å². The van der Waals surface area contributed by atoms with Gasteiger partial charge >= 0.3 is 6.09 Å². The van der Waals surface area contributed by atoms with Gasteiger partial charge in [0, 0.05) is 17.4 Å². The van der Waals surface area contributed by atoms with Crippen molar-refractivity contribution in [1.29, 1.82) is 0 Å². The van der Waals surface area contributed by atoms with Crippen LogP contribution in [-0.2, 0) is 16.0 Å². The summed E-state index contributed by atoms with van der Waals surface area (Å²) in [5.74, 6) is -0.228. The highest BCUT2D eigenvalue weighted by atomic mass is 79.9. The first kappa shape index (κ1) is 18.5. The molecular formula is C16H23BrN2O3. The van der Waals surface area contributed by atoms with E-state index in [1.807, 2.05) is 31.2 Å². The maximum atomic E-state index is 12.1. The van der Waals surface area contributed by atoms with E-state index in [2.05, 4.69) is 26.6 Å². The molecule has 0 aliphatic carbocycles. The lowest BCUT2D eigenvalue weighted by Crippen LogP contribution is -2.49. The highest BCUT2D eigenvalue weighted by Crippen LogP contribution is 2.14. The fraction of sp³-hybridized carbons (Fsp3) is 0.500. The number of likely N-dealkylation sites (N-methyl/N-ethyl adjacent to an activating group) is 1. The molecule has 0 spiro atoms. The van der Waals surface area contributed by atoms with Crippen molar-refractivity contribution in [3.05, 3.63) is 34.3 Å². The van der Waals surface area contributed by atoms with Crippen LogP contribution in [-0.4, -0.2) is 30.2 Å². The Balaban J connectivity index is 2.80. The molecule has 1 aromatic carbocycles. The molecule has 22 heavy (non-hydrogen) atoms. The Kier molecular flexibility index (Phi) is 6.87. The molecule has 1 rings (SSSR count). The average Bonchev–Trinajstić information content (AvgIpc) is 2.36. The first-order valence-corrected chi connectivity index (χ1v) is 8.02. The number of alkyl carbamates (subject to hydrolysis) is 1. The molecule has 2 amide bonds. The standard InChI is InChI=1S/C16H23BrN2O3/c1-5-18-14(20)13(19-15(21)22-16(2,3)4)10-11-7-6-8-12(17)9-11/h6-9,13H,5,10H2,1-4H3,(H,18,20)(H,19,21). The summed E-state index contributed by atoms with van der Waals surface area (Å²) in [4.78, 5) is 24.1. The van der Waals surface area contributed by atoms with Gasteiger partial charge < -0.3 is 15.4 Å². The summed E-state index contributed by atoms with van der Waals surface area (Å²) >= 11 is 3.40. The molecular weight excluding hydrogens is 348 g/mol. The number of carbonyl (C=O) groups excluding carboxylic acids is 2. The first-order chi connectivity index (χ1) is 10.2. The van der Waals surface area contributed by atoms with Crippen molar-refractivity contribution < 1.29 is 14.3 Å². The van der Waals surface area contributed by atoms with Crippen LogP contribution in [0.25, 0.3) is 0 Å². The third-order valence-electron chi connectivity index (χ3n) is 2.69. The van der Waals surface area contributed by atoms with Crippen LogP contribution in [0.5, 0.6) is 0 Å². The molecule has 0 aliphatic rings. The molecule has 0 saturated carbocycles. The maximum Gasteiger partial charge on any atom is 0.408 e. The normalized spacial score (nSPS) is 12.4. The van der Waals surface area contributed by atoms with E-state index in [0.717, 1.165) is 10.0 Å². The molecule has 0 bridgehead atoms. The first-order valence-electron chi connectivity index (χ1n) is 7.23. The molecule has 5 nitrogen and oxygen atoms in total. The average molecular weight is 371 g/mol. The third kappa shape index (κ3) is 6.93. The van der Waals surface area contributed by atoms with Gasteiger partial charge in [0.15, 0.2) is 0 Å². The topological polar surface area (TPSA) is 67.4 Å². The molecule has 1 aromatic rings. The SMILES string of the molecule is CCNC(=O)C(Cc1cccc(Br)c1)NC(=O)OC(C)(C)C. The molecule has 0 fully saturated rings. The number of rotatable bonds is 5. The summed E-state index contributed by atoms with van der Waals surface area (Å²) in [6.45, 7) is 7.68. The number of halogens is 1. The van der Waals surface area contributed by atoms with Gasteiger partial charge in [-0.3, -0.25) is 4.79 Å². The summed E-state index contributed by atoms with van der Waals surface area (Å²) in [7, 11) is 0. The van der Waals surface area contributed by atoms with Crippen molar-refractivity contribution in [2.24, 2.45) is 0 Å². The molecule has 0 aliphatic heterocycles. The van der Waals surface area contributed by atoms with E-state index < -0.39 is 17.7 Å². The highest BCUT2D eigenvalue weighted by Gasteiger charge is 2.24. The van der Waals surface area contributed by atoms with Crippen molar-refractivity contribution in [1.82, 2.24) is 10.6 Å². The number of amides is 2. The smallest absolute Gasteiger partial charge is 0.408 e.